The average Bonchev–Trinajstić information content (AvgIpc) is 2.90. The summed E-state index contributed by atoms with van der Waals surface area (Å²) >= 11 is 0. The predicted octanol–water partition coefficient (Wildman–Crippen LogP) is 2.00. The molecule has 0 aliphatic carbocycles. The second-order valence-corrected chi connectivity index (χ2v) is 6.75. The number of likely N-dealkylation sites (tertiary alicyclic amines) is 1. The van der Waals surface area contributed by atoms with Gasteiger partial charge in [0, 0.05) is 20.1 Å². The molecule has 126 valence electrons. The summed E-state index contributed by atoms with van der Waals surface area (Å²) < 4.78 is 0. The molecule has 0 saturated carbocycles. The number of likely N-dealkylation sites (N-methyl/N-ethyl adjacent to an activating group) is 1. The van der Waals surface area contributed by atoms with Crippen molar-refractivity contribution in [2.45, 2.75) is 33.2 Å². The number of aryl methyl sites for hydroxylation is 1. The van der Waals surface area contributed by atoms with Crippen LogP contribution in [0.1, 0.15) is 31.4 Å². The van der Waals surface area contributed by atoms with Gasteiger partial charge in [0.15, 0.2) is 0 Å². The minimum atomic E-state index is -0.781. The molecule has 5 heteroatoms. The third-order valence-electron chi connectivity index (χ3n) is 4.70. The summed E-state index contributed by atoms with van der Waals surface area (Å²) in [5.74, 6) is -0.754. The molecular weight excluding hydrogens is 292 g/mol. The van der Waals surface area contributed by atoms with Crippen LogP contribution < -0.4 is 0 Å². The van der Waals surface area contributed by atoms with E-state index in [9.17, 15) is 14.7 Å². The summed E-state index contributed by atoms with van der Waals surface area (Å²) in [6.45, 7) is 5.82. The van der Waals surface area contributed by atoms with Crippen molar-refractivity contribution >= 4 is 11.9 Å². The van der Waals surface area contributed by atoms with Gasteiger partial charge in [0.1, 0.15) is 0 Å². The summed E-state index contributed by atoms with van der Waals surface area (Å²) in [5.41, 5.74) is 1.66. The molecule has 0 radical (unpaired) electrons. The molecule has 1 saturated heterocycles. The SMILES string of the molecule is CCc1ccc(CN(C)C(=O)CN2CCC(C)(C(=O)O)C2)cc1. The largest absolute Gasteiger partial charge is 0.481 e. The molecule has 1 aliphatic rings. The quantitative estimate of drug-likeness (QED) is 0.871. The predicted molar refractivity (Wildman–Crippen MR) is 89.1 cm³/mol. The van der Waals surface area contributed by atoms with Gasteiger partial charge in [0.2, 0.25) is 5.91 Å². The van der Waals surface area contributed by atoms with Crippen molar-refractivity contribution in [1.82, 2.24) is 9.80 Å². The Kier molecular flexibility index (Phi) is 5.42. The number of carbonyl (C=O) groups is 2. The fraction of sp³-hybridized carbons (Fsp3) is 0.556. The monoisotopic (exact) mass is 318 g/mol. The van der Waals surface area contributed by atoms with Crippen LogP contribution in [0.3, 0.4) is 0 Å². The highest BCUT2D eigenvalue weighted by molar-refractivity contribution is 5.79. The number of aliphatic carboxylic acids is 1. The van der Waals surface area contributed by atoms with Crippen molar-refractivity contribution in [3.63, 3.8) is 0 Å². The van der Waals surface area contributed by atoms with Crippen molar-refractivity contribution in [2.24, 2.45) is 5.41 Å². The van der Waals surface area contributed by atoms with E-state index in [0.29, 0.717) is 26.1 Å². The van der Waals surface area contributed by atoms with Crippen LogP contribution >= 0.6 is 0 Å². The topological polar surface area (TPSA) is 60.9 Å². The van der Waals surface area contributed by atoms with Crippen LogP contribution in [0.5, 0.6) is 0 Å². The van der Waals surface area contributed by atoms with Gasteiger partial charge in [-0.3, -0.25) is 14.5 Å². The zero-order valence-electron chi connectivity index (χ0n) is 14.2. The van der Waals surface area contributed by atoms with E-state index in [2.05, 4.69) is 31.2 Å². The number of amides is 1. The fourth-order valence-corrected chi connectivity index (χ4v) is 2.92. The summed E-state index contributed by atoms with van der Waals surface area (Å²) in [5, 5.41) is 9.25. The van der Waals surface area contributed by atoms with Crippen molar-refractivity contribution in [2.75, 3.05) is 26.7 Å². The Morgan fingerprint density at radius 2 is 1.87 bits per heavy atom. The highest BCUT2D eigenvalue weighted by Crippen LogP contribution is 2.29. The number of hydrogen-bond donors (Lipinski definition) is 1. The molecule has 5 nitrogen and oxygen atoms in total. The lowest BCUT2D eigenvalue weighted by Crippen LogP contribution is -2.39. The van der Waals surface area contributed by atoms with Gasteiger partial charge in [0.05, 0.1) is 12.0 Å². The number of rotatable bonds is 6. The third kappa shape index (κ3) is 4.32. The van der Waals surface area contributed by atoms with Crippen LogP contribution in [-0.2, 0) is 22.6 Å². The van der Waals surface area contributed by atoms with Gasteiger partial charge >= 0.3 is 5.97 Å². The van der Waals surface area contributed by atoms with Crippen molar-refractivity contribution in [3.05, 3.63) is 35.4 Å². The fourth-order valence-electron chi connectivity index (χ4n) is 2.92. The number of benzene rings is 1. The van der Waals surface area contributed by atoms with Gasteiger partial charge in [-0.15, -0.1) is 0 Å². The normalized spacial score (nSPS) is 21.3. The van der Waals surface area contributed by atoms with Crippen LogP contribution in [0.15, 0.2) is 24.3 Å². The van der Waals surface area contributed by atoms with Crippen LogP contribution in [0, 0.1) is 5.41 Å². The summed E-state index contributed by atoms with van der Waals surface area (Å²) in [7, 11) is 1.79. The Balaban J connectivity index is 1.86. The Morgan fingerprint density at radius 1 is 1.26 bits per heavy atom. The van der Waals surface area contributed by atoms with Gasteiger partial charge in [-0.1, -0.05) is 31.2 Å². The van der Waals surface area contributed by atoms with Crippen LogP contribution in [-0.4, -0.2) is 53.5 Å². The first-order valence-electron chi connectivity index (χ1n) is 8.11. The molecule has 1 unspecified atom stereocenters. The van der Waals surface area contributed by atoms with E-state index in [1.54, 1.807) is 18.9 Å². The van der Waals surface area contributed by atoms with Gasteiger partial charge in [-0.05, 0) is 37.4 Å². The molecule has 1 heterocycles. The van der Waals surface area contributed by atoms with Crippen LogP contribution in [0.25, 0.3) is 0 Å². The summed E-state index contributed by atoms with van der Waals surface area (Å²) in [6.07, 6.45) is 1.60. The van der Waals surface area contributed by atoms with Crippen LogP contribution in [0.4, 0.5) is 0 Å². The number of carbonyl (C=O) groups excluding carboxylic acids is 1. The second-order valence-electron chi connectivity index (χ2n) is 6.75. The van der Waals surface area contributed by atoms with E-state index in [4.69, 9.17) is 0 Å². The average molecular weight is 318 g/mol. The van der Waals surface area contributed by atoms with E-state index in [0.717, 1.165) is 12.0 Å². The molecule has 1 aliphatic heterocycles. The number of hydrogen-bond acceptors (Lipinski definition) is 3. The number of carboxylic acid groups (broad SMARTS) is 1. The molecule has 1 aromatic carbocycles. The zero-order valence-corrected chi connectivity index (χ0v) is 14.2. The first-order chi connectivity index (χ1) is 10.8. The molecular formula is C18H26N2O3. The first-order valence-corrected chi connectivity index (χ1v) is 8.11. The molecule has 2 rings (SSSR count). The number of carboxylic acids is 1. The molecule has 1 amide bonds. The second kappa shape index (κ2) is 7.13. The van der Waals surface area contributed by atoms with Gasteiger partial charge < -0.3 is 10.0 Å². The smallest absolute Gasteiger partial charge is 0.310 e. The Bertz CT molecular complexity index is 570. The molecule has 1 aromatic rings. The van der Waals surface area contributed by atoms with Crippen molar-refractivity contribution < 1.29 is 14.7 Å². The lowest BCUT2D eigenvalue weighted by molar-refractivity contribution is -0.147. The Hall–Kier alpha value is -1.88. The van der Waals surface area contributed by atoms with E-state index >= 15 is 0 Å². The van der Waals surface area contributed by atoms with Crippen LogP contribution in [0.2, 0.25) is 0 Å². The molecule has 1 fully saturated rings. The minimum Gasteiger partial charge on any atom is -0.481 e. The van der Waals surface area contributed by atoms with Gasteiger partial charge in [-0.2, -0.15) is 0 Å². The molecule has 0 spiro atoms. The maximum absolute atomic E-state index is 12.3. The maximum atomic E-state index is 12.3. The number of nitrogens with zero attached hydrogens (tertiary/aromatic N) is 2. The third-order valence-corrected chi connectivity index (χ3v) is 4.70. The Labute approximate surface area is 137 Å². The van der Waals surface area contributed by atoms with E-state index in [1.165, 1.54) is 5.56 Å². The zero-order chi connectivity index (χ0) is 17.0. The molecule has 0 aromatic heterocycles. The standard InChI is InChI=1S/C18H26N2O3/c1-4-14-5-7-15(8-6-14)11-19(3)16(21)12-20-10-9-18(2,13-20)17(22)23/h5-8H,4,9-13H2,1-3H3,(H,22,23). The van der Waals surface area contributed by atoms with E-state index in [1.807, 2.05) is 4.90 Å². The lowest BCUT2D eigenvalue weighted by atomic mass is 9.90. The van der Waals surface area contributed by atoms with Gasteiger partial charge in [-0.25, -0.2) is 0 Å². The Morgan fingerprint density at radius 3 is 2.39 bits per heavy atom. The summed E-state index contributed by atoms with van der Waals surface area (Å²) in [4.78, 5) is 27.2. The first kappa shape index (κ1) is 17.5. The van der Waals surface area contributed by atoms with Crippen molar-refractivity contribution in [3.8, 4) is 0 Å². The summed E-state index contributed by atoms with van der Waals surface area (Å²) in [6, 6.07) is 8.29. The minimum absolute atomic E-state index is 0.0270. The van der Waals surface area contributed by atoms with E-state index in [-0.39, 0.29) is 12.5 Å². The highest BCUT2D eigenvalue weighted by atomic mass is 16.4. The van der Waals surface area contributed by atoms with E-state index < -0.39 is 11.4 Å². The molecule has 1 N–H and O–H groups in total. The highest BCUT2D eigenvalue weighted by Gasteiger charge is 2.40. The maximum Gasteiger partial charge on any atom is 0.310 e. The van der Waals surface area contributed by atoms with Crippen molar-refractivity contribution in [1.29, 1.82) is 0 Å². The molecule has 23 heavy (non-hydrogen) atoms. The lowest BCUT2D eigenvalue weighted by Gasteiger charge is -2.23. The molecule has 1 atom stereocenters. The molecule has 0 bridgehead atoms. The van der Waals surface area contributed by atoms with Gasteiger partial charge in [0.25, 0.3) is 0 Å².